The van der Waals surface area contributed by atoms with Crippen LogP contribution in [0.3, 0.4) is 0 Å². The average molecular weight is 503 g/mol. The summed E-state index contributed by atoms with van der Waals surface area (Å²) in [4.78, 5) is 13.9. The molecule has 0 amide bonds. The van der Waals surface area contributed by atoms with Crippen molar-refractivity contribution in [2.45, 2.75) is 31.4 Å². The van der Waals surface area contributed by atoms with Gasteiger partial charge in [0.25, 0.3) is 0 Å². The van der Waals surface area contributed by atoms with Gasteiger partial charge in [0.1, 0.15) is 18.1 Å². The first-order chi connectivity index (χ1) is 18.7. The highest BCUT2D eigenvalue weighted by atomic mass is 16.5. The first-order valence-electron chi connectivity index (χ1n) is 13.0. The molecule has 190 valence electrons. The van der Waals surface area contributed by atoms with Crippen LogP contribution in [0.15, 0.2) is 114 Å². The molecule has 0 saturated heterocycles. The number of anilines is 2. The normalized spacial score (nSPS) is 18.4. The van der Waals surface area contributed by atoms with Gasteiger partial charge >= 0.3 is 0 Å². The standard InChI is InChI=1S/C33H30N2O3/c1-37-25-13-9-12-23(18-25)24-19-29-32(30(36)20-24)33(35-28-16-7-6-15-27(28)34-29)26-14-5-8-17-31(26)38-21-22-10-3-2-4-11-22/h2-18,24,33-35H,19-21H2,1H3/t24-,33-/m1/s1. The van der Waals surface area contributed by atoms with E-state index in [2.05, 4.69) is 34.9 Å². The highest BCUT2D eigenvalue weighted by Gasteiger charge is 2.37. The van der Waals surface area contributed by atoms with Gasteiger partial charge < -0.3 is 20.1 Å². The van der Waals surface area contributed by atoms with Crippen LogP contribution < -0.4 is 20.1 Å². The minimum Gasteiger partial charge on any atom is -0.497 e. The lowest BCUT2D eigenvalue weighted by molar-refractivity contribution is -0.116. The Hall–Kier alpha value is -4.51. The molecule has 6 rings (SSSR count). The second-order valence-corrected chi connectivity index (χ2v) is 9.76. The molecule has 2 aliphatic rings. The van der Waals surface area contributed by atoms with E-state index in [4.69, 9.17) is 9.47 Å². The summed E-state index contributed by atoms with van der Waals surface area (Å²) in [6.45, 7) is 0.456. The fourth-order valence-electron chi connectivity index (χ4n) is 5.44. The summed E-state index contributed by atoms with van der Waals surface area (Å²) in [7, 11) is 1.67. The van der Waals surface area contributed by atoms with Crippen LogP contribution >= 0.6 is 0 Å². The van der Waals surface area contributed by atoms with E-state index in [0.717, 1.165) is 57.3 Å². The van der Waals surface area contributed by atoms with Crippen molar-refractivity contribution in [3.05, 3.63) is 131 Å². The van der Waals surface area contributed by atoms with Crippen LogP contribution in [0.4, 0.5) is 11.4 Å². The van der Waals surface area contributed by atoms with E-state index in [1.165, 1.54) is 0 Å². The molecule has 0 spiro atoms. The lowest BCUT2D eigenvalue weighted by Gasteiger charge is -2.30. The number of carbonyl (C=O) groups excluding carboxylic acids is 1. The van der Waals surface area contributed by atoms with Crippen molar-refractivity contribution in [1.29, 1.82) is 0 Å². The summed E-state index contributed by atoms with van der Waals surface area (Å²) >= 11 is 0. The maximum absolute atomic E-state index is 13.9. The van der Waals surface area contributed by atoms with Crippen molar-refractivity contribution >= 4 is 17.2 Å². The van der Waals surface area contributed by atoms with E-state index < -0.39 is 0 Å². The largest absolute Gasteiger partial charge is 0.497 e. The molecule has 1 heterocycles. The molecular formula is C33H30N2O3. The zero-order valence-electron chi connectivity index (χ0n) is 21.3. The van der Waals surface area contributed by atoms with Gasteiger partial charge in [-0.25, -0.2) is 0 Å². The number of fused-ring (bicyclic) bond motifs is 1. The fraction of sp³-hybridized carbons (Fsp3) is 0.182. The van der Waals surface area contributed by atoms with Crippen molar-refractivity contribution in [2.75, 3.05) is 17.7 Å². The summed E-state index contributed by atoms with van der Waals surface area (Å²) in [6, 6.07) is 34.0. The van der Waals surface area contributed by atoms with E-state index in [0.29, 0.717) is 13.0 Å². The molecule has 0 fully saturated rings. The number of para-hydroxylation sites is 3. The Bertz CT molecular complexity index is 1500. The lowest BCUT2D eigenvalue weighted by atomic mass is 9.78. The molecule has 1 aliphatic carbocycles. The highest BCUT2D eigenvalue weighted by molar-refractivity contribution is 6.01. The molecule has 0 radical (unpaired) electrons. The van der Waals surface area contributed by atoms with E-state index in [1.807, 2.05) is 78.9 Å². The number of ketones is 1. The van der Waals surface area contributed by atoms with Gasteiger partial charge in [-0.3, -0.25) is 4.79 Å². The van der Waals surface area contributed by atoms with Gasteiger partial charge in [0.2, 0.25) is 0 Å². The van der Waals surface area contributed by atoms with Gasteiger partial charge in [-0.15, -0.1) is 0 Å². The summed E-state index contributed by atoms with van der Waals surface area (Å²) in [5.41, 5.74) is 6.80. The summed E-state index contributed by atoms with van der Waals surface area (Å²) < 4.78 is 11.8. The number of rotatable bonds is 6. The lowest BCUT2D eigenvalue weighted by Crippen LogP contribution is -2.27. The van der Waals surface area contributed by atoms with Crippen molar-refractivity contribution < 1.29 is 14.3 Å². The third-order valence-electron chi connectivity index (χ3n) is 7.34. The summed E-state index contributed by atoms with van der Waals surface area (Å²) in [6.07, 6.45) is 1.17. The average Bonchev–Trinajstić information content (AvgIpc) is 3.14. The molecule has 1 aliphatic heterocycles. The van der Waals surface area contributed by atoms with Gasteiger partial charge in [0.05, 0.1) is 24.5 Å². The number of ether oxygens (including phenoxy) is 2. The van der Waals surface area contributed by atoms with E-state index >= 15 is 0 Å². The summed E-state index contributed by atoms with van der Waals surface area (Å²) in [5.74, 6) is 1.77. The topological polar surface area (TPSA) is 59.6 Å². The highest BCUT2D eigenvalue weighted by Crippen LogP contribution is 2.46. The molecule has 2 atom stereocenters. The SMILES string of the molecule is COc1cccc([C@H]2CC(=O)C3=C(C2)Nc2ccccc2N[C@@H]3c2ccccc2OCc2ccccc2)c1. The molecule has 4 aromatic rings. The van der Waals surface area contributed by atoms with Crippen LogP contribution in [-0.4, -0.2) is 12.9 Å². The van der Waals surface area contributed by atoms with Crippen LogP contribution in [0.25, 0.3) is 0 Å². The van der Waals surface area contributed by atoms with Crippen LogP contribution in [0, 0.1) is 0 Å². The first-order valence-corrected chi connectivity index (χ1v) is 13.0. The quantitative estimate of drug-likeness (QED) is 0.291. The molecule has 5 heteroatoms. The number of allylic oxidation sites excluding steroid dienone is 1. The molecule has 0 saturated carbocycles. The molecule has 2 N–H and O–H groups in total. The first kappa shape index (κ1) is 23.9. The second-order valence-electron chi connectivity index (χ2n) is 9.76. The van der Waals surface area contributed by atoms with Crippen molar-refractivity contribution in [2.24, 2.45) is 0 Å². The van der Waals surface area contributed by atoms with Gasteiger partial charge in [-0.2, -0.15) is 0 Å². The second kappa shape index (κ2) is 10.5. The Labute approximate surface area is 223 Å². The van der Waals surface area contributed by atoms with E-state index in [9.17, 15) is 4.79 Å². The third kappa shape index (κ3) is 4.75. The maximum atomic E-state index is 13.9. The number of carbonyl (C=O) groups is 1. The number of hydrogen-bond acceptors (Lipinski definition) is 5. The number of hydrogen-bond donors (Lipinski definition) is 2. The van der Waals surface area contributed by atoms with Crippen LogP contribution in [0.5, 0.6) is 11.5 Å². The zero-order chi connectivity index (χ0) is 25.9. The Morgan fingerprint density at radius 3 is 2.42 bits per heavy atom. The molecule has 4 aromatic carbocycles. The van der Waals surface area contributed by atoms with Crippen molar-refractivity contribution in [3.63, 3.8) is 0 Å². The minimum absolute atomic E-state index is 0.0688. The number of benzene rings is 4. The zero-order valence-corrected chi connectivity index (χ0v) is 21.3. The third-order valence-corrected chi connectivity index (χ3v) is 7.34. The molecule has 0 unspecified atom stereocenters. The Kier molecular flexibility index (Phi) is 6.57. The van der Waals surface area contributed by atoms with E-state index in [-0.39, 0.29) is 17.7 Å². The molecular weight excluding hydrogens is 472 g/mol. The fourth-order valence-corrected chi connectivity index (χ4v) is 5.44. The molecule has 38 heavy (non-hydrogen) atoms. The molecule has 0 bridgehead atoms. The number of methoxy groups -OCH3 is 1. The predicted molar refractivity (Wildman–Crippen MR) is 151 cm³/mol. The Morgan fingerprint density at radius 1 is 0.816 bits per heavy atom. The van der Waals surface area contributed by atoms with Gasteiger partial charge in [0, 0.05) is 23.3 Å². The Morgan fingerprint density at radius 2 is 1.58 bits per heavy atom. The van der Waals surface area contributed by atoms with Crippen LogP contribution in [0.2, 0.25) is 0 Å². The van der Waals surface area contributed by atoms with Gasteiger partial charge in [0.15, 0.2) is 5.78 Å². The van der Waals surface area contributed by atoms with Crippen LogP contribution in [0.1, 0.15) is 41.5 Å². The van der Waals surface area contributed by atoms with Gasteiger partial charge in [-0.05, 0) is 53.8 Å². The number of Topliss-reactive ketones (excluding diaryl/α,β-unsaturated/α-hetero) is 1. The Balaban J connectivity index is 1.40. The monoisotopic (exact) mass is 502 g/mol. The summed E-state index contributed by atoms with van der Waals surface area (Å²) in [5, 5.41) is 7.30. The minimum atomic E-state index is -0.341. The van der Waals surface area contributed by atoms with Crippen molar-refractivity contribution in [3.8, 4) is 11.5 Å². The van der Waals surface area contributed by atoms with E-state index in [1.54, 1.807) is 7.11 Å². The molecule has 5 nitrogen and oxygen atoms in total. The molecule has 0 aromatic heterocycles. The van der Waals surface area contributed by atoms with Gasteiger partial charge in [-0.1, -0.05) is 72.8 Å². The predicted octanol–water partition coefficient (Wildman–Crippen LogP) is 7.25. The van der Waals surface area contributed by atoms with Crippen molar-refractivity contribution in [1.82, 2.24) is 0 Å². The maximum Gasteiger partial charge on any atom is 0.163 e. The van der Waals surface area contributed by atoms with Crippen LogP contribution in [-0.2, 0) is 11.4 Å². The smallest absolute Gasteiger partial charge is 0.163 e. The number of nitrogens with one attached hydrogen (secondary N) is 2.